The molecule has 5 heteroatoms. The molecule has 1 aliphatic rings. The maximum Gasteiger partial charge on any atom is 0.287 e. The van der Waals surface area contributed by atoms with E-state index in [1.54, 1.807) is 30.3 Å². The Labute approximate surface area is 144 Å². The van der Waals surface area contributed by atoms with Crippen LogP contribution in [-0.2, 0) is 0 Å². The maximum atomic E-state index is 13.8. The molecule has 0 saturated heterocycles. The lowest BCUT2D eigenvalue weighted by Gasteiger charge is -2.26. The van der Waals surface area contributed by atoms with E-state index in [1.807, 2.05) is 24.3 Å². The van der Waals surface area contributed by atoms with E-state index in [0.29, 0.717) is 24.4 Å². The number of hydrogen-bond donors (Lipinski definition) is 1. The summed E-state index contributed by atoms with van der Waals surface area (Å²) in [5, 5.41) is 2.96. The second-order valence-electron chi connectivity index (χ2n) is 5.84. The van der Waals surface area contributed by atoms with Gasteiger partial charge in [-0.3, -0.25) is 4.79 Å². The van der Waals surface area contributed by atoms with Crippen LogP contribution in [0, 0.1) is 5.82 Å². The highest BCUT2D eigenvalue weighted by atomic mass is 19.1. The first-order chi connectivity index (χ1) is 12.2. The van der Waals surface area contributed by atoms with E-state index in [1.165, 1.54) is 6.07 Å². The number of halogens is 1. The number of carbonyl (C=O) groups is 1. The monoisotopic (exact) mass is 337 g/mol. The topological polar surface area (TPSA) is 51.5 Å². The minimum Gasteiger partial charge on any atom is -0.493 e. The van der Waals surface area contributed by atoms with Crippen molar-refractivity contribution in [2.75, 3.05) is 6.61 Å². The molecule has 1 aromatic heterocycles. The lowest BCUT2D eigenvalue weighted by atomic mass is 10.0. The van der Waals surface area contributed by atoms with Gasteiger partial charge in [0, 0.05) is 12.0 Å². The highest BCUT2D eigenvalue weighted by Gasteiger charge is 2.24. The normalized spacial score (nSPS) is 16.0. The van der Waals surface area contributed by atoms with Crippen molar-refractivity contribution in [1.82, 2.24) is 5.32 Å². The first kappa shape index (κ1) is 15.4. The minimum atomic E-state index is -0.387. The van der Waals surface area contributed by atoms with Crippen molar-refractivity contribution in [1.29, 1.82) is 0 Å². The summed E-state index contributed by atoms with van der Waals surface area (Å²) < 4.78 is 25.0. The smallest absolute Gasteiger partial charge is 0.287 e. The molecule has 4 rings (SSSR count). The molecule has 1 amide bonds. The van der Waals surface area contributed by atoms with Crippen LogP contribution in [0.15, 0.2) is 65.1 Å². The third kappa shape index (κ3) is 3.01. The number of fused-ring (bicyclic) bond motifs is 1. The molecule has 0 fully saturated rings. The highest BCUT2D eigenvalue weighted by Crippen LogP contribution is 2.32. The van der Waals surface area contributed by atoms with Gasteiger partial charge in [-0.2, -0.15) is 0 Å². The van der Waals surface area contributed by atoms with Crippen LogP contribution in [0.1, 0.15) is 28.6 Å². The van der Waals surface area contributed by atoms with E-state index < -0.39 is 0 Å². The van der Waals surface area contributed by atoms with E-state index >= 15 is 0 Å². The summed E-state index contributed by atoms with van der Waals surface area (Å²) in [5.74, 6) is 0.551. The van der Waals surface area contributed by atoms with Gasteiger partial charge in [-0.05, 0) is 30.3 Å². The average Bonchev–Trinajstić information content (AvgIpc) is 3.12. The van der Waals surface area contributed by atoms with Gasteiger partial charge in [0.05, 0.1) is 18.2 Å². The fourth-order valence-electron chi connectivity index (χ4n) is 2.99. The fourth-order valence-corrected chi connectivity index (χ4v) is 2.99. The molecule has 0 unspecified atom stereocenters. The van der Waals surface area contributed by atoms with Crippen LogP contribution in [0.3, 0.4) is 0 Å². The molecule has 25 heavy (non-hydrogen) atoms. The Hall–Kier alpha value is -3.08. The lowest BCUT2D eigenvalue weighted by molar-refractivity contribution is 0.0897. The summed E-state index contributed by atoms with van der Waals surface area (Å²) >= 11 is 0. The van der Waals surface area contributed by atoms with Gasteiger partial charge in [-0.15, -0.1) is 0 Å². The van der Waals surface area contributed by atoms with Gasteiger partial charge in [0.25, 0.3) is 5.91 Å². The number of para-hydroxylation sites is 1. The zero-order chi connectivity index (χ0) is 17.2. The zero-order valence-corrected chi connectivity index (χ0v) is 13.4. The van der Waals surface area contributed by atoms with Crippen molar-refractivity contribution < 1.29 is 18.3 Å². The molecule has 1 N–H and O–H groups in total. The Morgan fingerprint density at radius 2 is 1.84 bits per heavy atom. The molecule has 126 valence electrons. The summed E-state index contributed by atoms with van der Waals surface area (Å²) in [6.45, 7) is 0.542. The molecule has 0 aliphatic carbocycles. The number of hydrogen-bond acceptors (Lipinski definition) is 3. The van der Waals surface area contributed by atoms with E-state index in [2.05, 4.69) is 5.32 Å². The van der Waals surface area contributed by atoms with Crippen molar-refractivity contribution in [2.24, 2.45) is 0 Å². The molecule has 0 spiro atoms. The summed E-state index contributed by atoms with van der Waals surface area (Å²) in [6.07, 6.45) is 0.684. The number of carbonyl (C=O) groups excluding carboxylic acids is 1. The Bertz CT molecular complexity index is 919. The average molecular weight is 337 g/mol. The van der Waals surface area contributed by atoms with Crippen LogP contribution in [0.2, 0.25) is 0 Å². The molecule has 0 radical (unpaired) electrons. The van der Waals surface area contributed by atoms with Crippen LogP contribution >= 0.6 is 0 Å². The summed E-state index contributed by atoms with van der Waals surface area (Å²) in [5.41, 5.74) is 1.28. The molecular weight excluding hydrogens is 321 g/mol. The Kier molecular flexibility index (Phi) is 3.98. The highest BCUT2D eigenvalue weighted by molar-refractivity contribution is 5.92. The van der Waals surface area contributed by atoms with Gasteiger partial charge in [0.2, 0.25) is 0 Å². The Morgan fingerprint density at radius 3 is 2.72 bits per heavy atom. The minimum absolute atomic E-state index is 0.139. The predicted octanol–water partition coefficient (Wildman–Crippen LogP) is 4.34. The largest absolute Gasteiger partial charge is 0.493 e. The summed E-state index contributed by atoms with van der Waals surface area (Å²) in [7, 11) is 0. The van der Waals surface area contributed by atoms with Crippen molar-refractivity contribution in [3.63, 3.8) is 0 Å². The molecule has 0 saturated carbocycles. The van der Waals surface area contributed by atoms with Gasteiger partial charge in [0.1, 0.15) is 17.3 Å². The number of amides is 1. The van der Waals surface area contributed by atoms with E-state index in [-0.39, 0.29) is 23.5 Å². The number of ether oxygens (including phenoxy) is 1. The van der Waals surface area contributed by atoms with Gasteiger partial charge in [0.15, 0.2) is 5.76 Å². The van der Waals surface area contributed by atoms with Gasteiger partial charge >= 0.3 is 0 Å². The number of benzene rings is 2. The molecule has 2 heterocycles. The van der Waals surface area contributed by atoms with E-state index in [4.69, 9.17) is 9.15 Å². The second-order valence-corrected chi connectivity index (χ2v) is 5.84. The molecule has 4 nitrogen and oxygen atoms in total. The standard InChI is InChI=1S/C20H16FNO3/c21-15-7-3-1-5-13(15)18-9-10-19(25-18)20(23)22-16-11-12-24-17-8-4-2-6-14(16)17/h1-10,16H,11-12H2,(H,22,23)/t16-/m1/s1. The number of furan rings is 1. The van der Waals surface area contributed by atoms with Crippen LogP contribution in [0.5, 0.6) is 5.75 Å². The van der Waals surface area contributed by atoms with Crippen LogP contribution in [0.25, 0.3) is 11.3 Å². The van der Waals surface area contributed by atoms with Crippen LogP contribution < -0.4 is 10.1 Å². The van der Waals surface area contributed by atoms with Gasteiger partial charge in [-0.25, -0.2) is 4.39 Å². The van der Waals surface area contributed by atoms with Gasteiger partial charge < -0.3 is 14.5 Å². The van der Waals surface area contributed by atoms with Gasteiger partial charge in [-0.1, -0.05) is 30.3 Å². The quantitative estimate of drug-likeness (QED) is 0.773. The van der Waals surface area contributed by atoms with Crippen molar-refractivity contribution in [3.05, 3.63) is 77.8 Å². The zero-order valence-electron chi connectivity index (χ0n) is 13.4. The first-order valence-electron chi connectivity index (χ1n) is 8.10. The second kappa shape index (κ2) is 6.43. The molecule has 2 aromatic carbocycles. The van der Waals surface area contributed by atoms with E-state index in [9.17, 15) is 9.18 Å². The van der Waals surface area contributed by atoms with E-state index in [0.717, 1.165) is 11.3 Å². The summed E-state index contributed by atoms with van der Waals surface area (Å²) in [6, 6.07) is 17.0. The SMILES string of the molecule is O=C(N[C@@H]1CCOc2ccccc21)c1ccc(-c2ccccc2F)o1. The third-order valence-electron chi connectivity index (χ3n) is 4.23. The van der Waals surface area contributed by atoms with Crippen LogP contribution in [-0.4, -0.2) is 12.5 Å². The van der Waals surface area contributed by atoms with Crippen LogP contribution in [0.4, 0.5) is 4.39 Å². The first-order valence-corrected chi connectivity index (χ1v) is 8.10. The predicted molar refractivity (Wildman–Crippen MR) is 90.9 cm³/mol. The molecule has 3 aromatic rings. The summed E-state index contributed by atoms with van der Waals surface area (Å²) in [4.78, 5) is 12.5. The Morgan fingerprint density at radius 1 is 1.04 bits per heavy atom. The molecular formula is C20H16FNO3. The van der Waals surface area contributed by atoms with Crippen molar-refractivity contribution in [3.8, 4) is 17.1 Å². The molecule has 1 aliphatic heterocycles. The molecule has 0 bridgehead atoms. The third-order valence-corrected chi connectivity index (χ3v) is 4.23. The number of rotatable bonds is 3. The van der Waals surface area contributed by atoms with Crippen molar-refractivity contribution >= 4 is 5.91 Å². The maximum absolute atomic E-state index is 13.8. The van der Waals surface area contributed by atoms with Crippen molar-refractivity contribution in [2.45, 2.75) is 12.5 Å². The lowest BCUT2D eigenvalue weighted by Crippen LogP contribution is -2.31. The molecule has 1 atom stereocenters. The number of nitrogens with one attached hydrogen (secondary N) is 1. The fraction of sp³-hybridized carbons (Fsp3) is 0.150. The Balaban J connectivity index is 1.54.